The number of carbonyl (C=O) groups excluding carboxylic acids is 1. The third-order valence-corrected chi connectivity index (χ3v) is 6.21. The van der Waals surface area contributed by atoms with Crippen molar-refractivity contribution in [2.24, 2.45) is 11.7 Å². The molecule has 1 fully saturated rings. The molecule has 1 aliphatic rings. The van der Waals surface area contributed by atoms with Crippen LogP contribution in [-0.4, -0.2) is 45.3 Å². The van der Waals surface area contributed by atoms with Gasteiger partial charge in [-0.2, -0.15) is 0 Å². The van der Waals surface area contributed by atoms with Crippen LogP contribution in [0.4, 0.5) is 4.79 Å². The van der Waals surface area contributed by atoms with Gasteiger partial charge in [0, 0.05) is 27.7 Å². The Hall–Kier alpha value is -0.553. The van der Waals surface area contributed by atoms with Crippen LogP contribution in [0.25, 0.3) is 0 Å². The lowest BCUT2D eigenvalue weighted by molar-refractivity contribution is 0.112. The lowest BCUT2D eigenvalue weighted by atomic mass is 9.93. The van der Waals surface area contributed by atoms with Crippen molar-refractivity contribution in [2.75, 3.05) is 20.2 Å². The molecule has 0 aromatic heterocycles. The monoisotopic (exact) mass is 328 g/mol. The Labute approximate surface area is 137 Å². The van der Waals surface area contributed by atoms with Crippen LogP contribution in [0.5, 0.6) is 0 Å². The van der Waals surface area contributed by atoms with E-state index in [1.165, 1.54) is 38.5 Å². The van der Waals surface area contributed by atoms with Gasteiger partial charge in [-0.15, -0.1) is 0 Å². The molecule has 2 N–H and O–H groups in total. The molecule has 1 aliphatic carbocycles. The average molecular weight is 329 g/mol. The Balaban J connectivity index is 2.24. The van der Waals surface area contributed by atoms with Crippen LogP contribution >= 0.6 is 0 Å². The molecule has 0 saturated heterocycles. The minimum absolute atomic E-state index is 0.0673. The van der Waals surface area contributed by atoms with Gasteiger partial charge in [0.25, 0.3) is 0 Å². The first-order chi connectivity index (χ1) is 10.3. The summed E-state index contributed by atoms with van der Waals surface area (Å²) in [5.74, 6) is 0.744. The van der Waals surface area contributed by atoms with Gasteiger partial charge in [-0.1, -0.05) is 58.2 Å². The van der Waals surface area contributed by atoms with Crippen LogP contribution in [-0.2, 0) is 4.74 Å². The van der Waals surface area contributed by atoms with Crippen molar-refractivity contribution in [2.45, 2.75) is 76.7 Å². The van der Waals surface area contributed by atoms with Gasteiger partial charge in [0.15, 0.2) is 0 Å². The van der Waals surface area contributed by atoms with E-state index in [0.717, 1.165) is 18.4 Å². The number of rotatable bonds is 7. The summed E-state index contributed by atoms with van der Waals surface area (Å²) in [7, 11) is 0.650. The molecule has 1 rings (SSSR count). The maximum absolute atomic E-state index is 12.0. The molecule has 0 aromatic rings. The highest BCUT2D eigenvalue weighted by Gasteiger charge is 2.20. The Bertz CT molecular complexity index is 323. The Morgan fingerprint density at radius 1 is 1.23 bits per heavy atom. The number of ether oxygens (including phenoxy) is 1. The molecule has 1 unspecified atom stereocenters. The van der Waals surface area contributed by atoms with E-state index >= 15 is 0 Å². The predicted molar refractivity (Wildman–Crippen MR) is 95.9 cm³/mol. The molecular formula is C17H36N2O2Si. The van der Waals surface area contributed by atoms with Gasteiger partial charge >= 0.3 is 6.09 Å². The van der Waals surface area contributed by atoms with Crippen molar-refractivity contribution in [3.63, 3.8) is 0 Å². The van der Waals surface area contributed by atoms with E-state index in [2.05, 4.69) is 19.6 Å². The molecule has 4 nitrogen and oxygen atoms in total. The van der Waals surface area contributed by atoms with Crippen molar-refractivity contribution in [1.82, 2.24) is 4.90 Å². The highest BCUT2D eigenvalue weighted by atomic mass is 28.3. The van der Waals surface area contributed by atoms with Crippen molar-refractivity contribution >= 4 is 14.2 Å². The standard InChI is InChI=1S/C17H36N2O2Si/c1-19(17(20)21-11-12-22(2,3)4)14-16(18)13-15-9-7-5-6-8-10-15/h15-16H,5-14,18H2,1-4H3. The summed E-state index contributed by atoms with van der Waals surface area (Å²) in [4.78, 5) is 13.6. The number of amides is 1. The number of likely N-dealkylation sites (N-methyl/N-ethyl adjacent to an activating group) is 1. The Kier molecular flexibility index (Phi) is 8.47. The van der Waals surface area contributed by atoms with Crippen LogP contribution in [0, 0.1) is 5.92 Å². The number of carbonyl (C=O) groups is 1. The molecule has 1 atom stereocenters. The van der Waals surface area contributed by atoms with Gasteiger partial charge in [-0.05, 0) is 18.4 Å². The smallest absolute Gasteiger partial charge is 0.409 e. The van der Waals surface area contributed by atoms with E-state index in [9.17, 15) is 4.79 Å². The van der Waals surface area contributed by atoms with Crippen molar-refractivity contribution < 1.29 is 9.53 Å². The maximum atomic E-state index is 12.0. The Morgan fingerprint density at radius 2 is 1.82 bits per heavy atom. The molecule has 0 spiro atoms. The molecule has 1 saturated carbocycles. The number of nitrogens with zero attached hydrogens (tertiary/aromatic N) is 1. The van der Waals surface area contributed by atoms with Crippen LogP contribution in [0.2, 0.25) is 25.7 Å². The van der Waals surface area contributed by atoms with Gasteiger partial charge in [-0.3, -0.25) is 0 Å². The zero-order valence-corrected chi connectivity index (χ0v) is 16.1. The van der Waals surface area contributed by atoms with Crippen molar-refractivity contribution in [1.29, 1.82) is 0 Å². The predicted octanol–water partition coefficient (Wildman–Crippen LogP) is 4.08. The largest absolute Gasteiger partial charge is 0.450 e. The van der Waals surface area contributed by atoms with Crippen LogP contribution in [0.15, 0.2) is 0 Å². The van der Waals surface area contributed by atoms with E-state index in [4.69, 9.17) is 10.5 Å². The number of hydrogen-bond acceptors (Lipinski definition) is 3. The fourth-order valence-electron chi connectivity index (χ4n) is 3.08. The minimum Gasteiger partial charge on any atom is -0.450 e. The second kappa shape index (κ2) is 9.56. The SMILES string of the molecule is CN(CC(N)CC1CCCCCC1)C(=O)OCC[Si](C)(C)C. The quantitative estimate of drug-likeness (QED) is 0.566. The molecule has 0 radical (unpaired) electrons. The van der Waals surface area contributed by atoms with Crippen LogP contribution in [0.1, 0.15) is 44.9 Å². The summed E-state index contributed by atoms with van der Waals surface area (Å²) in [6.07, 6.45) is 8.83. The first-order valence-corrected chi connectivity index (χ1v) is 12.6. The van der Waals surface area contributed by atoms with Gasteiger partial charge in [0.05, 0.1) is 6.61 Å². The highest BCUT2D eigenvalue weighted by Crippen LogP contribution is 2.26. The summed E-state index contributed by atoms with van der Waals surface area (Å²) in [6, 6.07) is 1.08. The second-order valence-corrected chi connectivity index (χ2v) is 13.8. The molecule has 5 heteroatoms. The van der Waals surface area contributed by atoms with E-state index in [1.54, 1.807) is 11.9 Å². The highest BCUT2D eigenvalue weighted by molar-refractivity contribution is 6.76. The van der Waals surface area contributed by atoms with Gasteiger partial charge < -0.3 is 15.4 Å². The molecule has 0 heterocycles. The molecule has 0 aliphatic heterocycles. The third kappa shape index (κ3) is 8.78. The topological polar surface area (TPSA) is 55.6 Å². The molecular weight excluding hydrogens is 292 g/mol. The van der Waals surface area contributed by atoms with E-state index in [-0.39, 0.29) is 12.1 Å². The molecule has 1 amide bonds. The van der Waals surface area contributed by atoms with Crippen molar-refractivity contribution in [3.8, 4) is 0 Å². The van der Waals surface area contributed by atoms with Crippen molar-refractivity contribution in [3.05, 3.63) is 0 Å². The summed E-state index contributed by atoms with van der Waals surface area (Å²) in [5, 5.41) is 0. The number of hydrogen-bond donors (Lipinski definition) is 1. The lowest BCUT2D eigenvalue weighted by Gasteiger charge is -2.25. The van der Waals surface area contributed by atoms with E-state index < -0.39 is 8.07 Å². The maximum Gasteiger partial charge on any atom is 0.409 e. The van der Waals surface area contributed by atoms with Gasteiger partial charge in [0.2, 0.25) is 0 Å². The Morgan fingerprint density at radius 3 is 2.36 bits per heavy atom. The molecule has 0 aromatic carbocycles. The third-order valence-electron chi connectivity index (χ3n) is 4.51. The average Bonchev–Trinajstić information content (AvgIpc) is 2.65. The second-order valence-electron chi connectivity index (χ2n) is 8.16. The molecule has 0 bridgehead atoms. The fourth-order valence-corrected chi connectivity index (χ4v) is 3.80. The van der Waals surface area contributed by atoms with Crippen LogP contribution < -0.4 is 5.73 Å². The molecule has 22 heavy (non-hydrogen) atoms. The number of nitrogens with two attached hydrogens (primary N) is 1. The minimum atomic E-state index is -1.15. The van der Waals surface area contributed by atoms with E-state index in [0.29, 0.717) is 13.2 Å². The molecule has 130 valence electrons. The zero-order chi connectivity index (χ0) is 16.6. The van der Waals surface area contributed by atoms with Gasteiger partial charge in [0.1, 0.15) is 0 Å². The lowest BCUT2D eigenvalue weighted by Crippen LogP contribution is -2.40. The van der Waals surface area contributed by atoms with Gasteiger partial charge in [-0.25, -0.2) is 4.79 Å². The summed E-state index contributed by atoms with van der Waals surface area (Å²) in [6.45, 7) is 7.99. The fraction of sp³-hybridized carbons (Fsp3) is 0.941. The first kappa shape index (κ1) is 19.5. The van der Waals surface area contributed by atoms with Crippen LogP contribution in [0.3, 0.4) is 0 Å². The summed E-state index contributed by atoms with van der Waals surface area (Å²) in [5.41, 5.74) is 6.25. The zero-order valence-electron chi connectivity index (χ0n) is 15.1. The normalized spacial score (nSPS) is 18.6. The van der Waals surface area contributed by atoms with E-state index in [1.807, 2.05) is 0 Å². The summed E-state index contributed by atoms with van der Waals surface area (Å²) >= 11 is 0. The first-order valence-electron chi connectivity index (χ1n) is 8.91. The summed E-state index contributed by atoms with van der Waals surface area (Å²) < 4.78 is 5.36.